The van der Waals surface area contributed by atoms with Crippen molar-refractivity contribution in [1.82, 2.24) is 9.80 Å². The second-order valence-electron chi connectivity index (χ2n) is 7.37. The van der Waals surface area contributed by atoms with Crippen molar-refractivity contribution in [3.8, 4) is 0 Å². The van der Waals surface area contributed by atoms with Crippen LogP contribution in [0.5, 0.6) is 0 Å². The van der Waals surface area contributed by atoms with Gasteiger partial charge >= 0.3 is 0 Å². The van der Waals surface area contributed by atoms with Gasteiger partial charge < -0.3 is 9.64 Å². The fourth-order valence-electron chi connectivity index (χ4n) is 4.08. The summed E-state index contributed by atoms with van der Waals surface area (Å²) in [4.78, 5) is 16.7. The number of nitrogens with zero attached hydrogens (tertiary/aromatic N) is 2. The first-order chi connectivity index (χ1) is 13.6. The minimum atomic E-state index is -0.295. The Morgan fingerprint density at radius 3 is 1.89 bits per heavy atom. The number of rotatable bonds is 4. The molecule has 2 fully saturated rings. The Morgan fingerprint density at radius 2 is 1.43 bits per heavy atom. The summed E-state index contributed by atoms with van der Waals surface area (Å²) in [6.07, 6.45) is 1.44. The number of carbonyl (C=O) groups excluding carboxylic acids is 1. The Morgan fingerprint density at radius 1 is 0.893 bits per heavy atom. The second-order valence-corrected chi connectivity index (χ2v) is 7.37. The molecule has 0 spiro atoms. The van der Waals surface area contributed by atoms with Gasteiger partial charge in [0, 0.05) is 32.8 Å². The van der Waals surface area contributed by atoms with Crippen LogP contribution in [0.4, 0.5) is 8.78 Å². The molecule has 2 saturated heterocycles. The number of amides is 1. The predicted octanol–water partition coefficient (Wildman–Crippen LogP) is 3.38. The van der Waals surface area contributed by atoms with Gasteiger partial charge in [0.15, 0.2) is 0 Å². The highest BCUT2D eigenvalue weighted by Crippen LogP contribution is 2.30. The van der Waals surface area contributed by atoms with Crippen LogP contribution in [0.2, 0.25) is 0 Å². The number of hydrogen-bond donors (Lipinski definition) is 0. The van der Waals surface area contributed by atoms with Gasteiger partial charge in [0.2, 0.25) is 0 Å². The fourth-order valence-corrected chi connectivity index (χ4v) is 4.08. The van der Waals surface area contributed by atoms with Crippen LogP contribution in [0, 0.1) is 11.6 Å². The first kappa shape index (κ1) is 19.0. The molecule has 0 aromatic heterocycles. The van der Waals surface area contributed by atoms with Crippen molar-refractivity contribution in [2.24, 2.45) is 0 Å². The lowest BCUT2D eigenvalue weighted by Gasteiger charge is -2.40. The molecule has 0 N–H and O–H groups in total. The summed E-state index contributed by atoms with van der Waals surface area (Å²) in [6.45, 7) is 3.29. The van der Waals surface area contributed by atoms with Gasteiger partial charge in [0.25, 0.3) is 5.91 Å². The number of benzene rings is 2. The average Bonchev–Trinajstić information content (AvgIpc) is 3.26. The van der Waals surface area contributed by atoms with Crippen LogP contribution < -0.4 is 0 Å². The largest absolute Gasteiger partial charge is 0.368 e. The molecule has 0 aliphatic carbocycles. The molecule has 0 bridgehead atoms. The van der Waals surface area contributed by atoms with E-state index in [1.54, 1.807) is 24.3 Å². The van der Waals surface area contributed by atoms with E-state index in [-0.39, 0.29) is 29.7 Å². The molecule has 2 aromatic rings. The highest BCUT2D eigenvalue weighted by Gasteiger charge is 2.32. The van der Waals surface area contributed by atoms with Crippen molar-refractivity contribution in [1.29, 1.82) is 0 Å². The van der Waals surface area contributed by atoms with E-state index in [1.807, 2.05) is 4.90 Å². The van der Waals surface area contributed by atoms with Crippen LogP contribution in [-0.2, 0) is 9.53 Å². The van der Waals surface area contributed by atoms with Gasteiger partial charge in [-0.2, -0.15) is 0 Å². The van der Waals surface area contributed by atoms with Crippen LogP contribution in [0.25, 0.3) is 0 Å². The molecule has 2 aliphatic rings. The summed E-state index contributed by atoms with van der Waals surface area (Å²) in [6, 6.07) is 12.8. The molecule has 0 radical (unpaired) electrons. The van der Waals surface area contributed by atoms with Gasteiger partial charge in [0.1, 0.15) is 17.7 Å². The van der Waals surface area contributed by atoms with Gasteiger partial charge in [-0.05, 0) is 48.2 Å². The molecule has 2 aliphatic heterocycles. The van der Waals surface area contributed by atoms with Crippen molar-refractivity contribution in [2.75, 3.05) is 32.8 Å². The van der Waals surface area contributed by atoms with Gasteiger partial charge in [-0.25, -0.2) is 8.78 Å². The predicted molar refractivity (Wildman–Crippen MR) is 102 cm³/mol. The van der Waals surface area contributed by atoms with E-state index in [1.165, 1.54) is 24.3 Å². The minimum absolute atomic E-state index is 0.0808. The zero-order chi connectivity index (χ0) is 19.5. The lowest BCUT2D eigenvalue weighted by atomic mass is 9.96. The van der Waals surface area contributed by atoms with E-state index in [2.05, 4.69) is 4.90 Å². The molecule has 1 atom stereocenters. The molecule has 2 aromatic carbocycles. The maximum atomic E-state index is 13.4. The SMILES string of the molecule is O=C([C@H]1CCCO1)N1CCN(C(c2ccc(F)cc2)c2ccc(F)cc2)CC1. The van der Waals surface area contributed by atoms with Crippen LogP contribution in [-0.4, -0.2) is 54.6 Å². The van der Waals surface area contributed by atoms with Crippen molar-refractivity contribution >= 4 is 5.91 Å². The van der Waals surface area contributed by atoms with Crippen molar-refractivity contribution in [3.63, 3.8) is 0 Å². The lowest BCUT2D eigenvalue weighted by molar-refractivity contribution is -0.142. The van der Waals surface area contributed by atoms with E-state index in [4.69, 9.17) is 4.74 Å². The van der Waals surface area contributed by atoms with Gasteiger partial charge in [-0.1, -0.05) is 24.3 Å². The average molecular weight is 386 g/mol. The van der Waals surface area contributed by atoms with Crippen LogP contribution in [0.1, 0.15) is 30.0 Å². The Hall–Kier alpha value is -2.31. The summed E-state index contributed by atoms with van der Waals surface area (Å²) >= 11 is 0. The minimum Gasteiger partial charge on any atom is -0.368 e. The number of halogens is 2. The van der Waals surface area contributed by atoms with E-state index in [9.17, 15) is 13.6 Å². The zero-order valence-electron chi connectivity index (χ0n) is 15.7. The van der Waals surface area contributed by atoms with E-state index in [0.717, 1.165) is 24.0 Å². The molecule has 0 saturated carbocycles. The third kappa shape index (κ3) is 4.08. The molecular formula is C22H24F2N2O2. The lowest BCUT2D eigenvalue weighted by Crippen LogP contribution is -2.52. The molecule has 2 heterocycles. The molecular weight excluding hydrogens is 362 g/mol. The first-order valence-corrected chi connectivity index (χ1v) is 9.77. The smallest absolute Gasteiger partial charge is 0.251 e. The van der Waals surface area contributed by atoms with E-state index < -0.39 is 0 Å². The summed E-state index contributed by atoms with van der Waals surface area (Å²) in [7, 11) is 0. The molecule has 28 heavy (non-hydrogen) atoms. The normalized spacial score (nSPS) is 20.7. The maximum Gasteiger partial charge on any atom is 0.251 e. The highest BCUT2D eigenvalue weighted by molar-refractivity contribution is 5.81. The molecule has 4 rings (SSSR count). The molecule has 4 nitrogen and oxygen atoms in total. The summed E-state index contributed by atoms with van der Waals surface area (Å²) in [5.74, 6) is -0.487. The van der Waals surface area contributed by atoms with E-state index in [0.29, 0.717) is 32.8 Å². The molecule has 6 heteroatoms. The quantitative estimate of drug-likeness (QED) is 0.808. The molecule has 1 amide bonds. The molecule has 148 valence electrons. The van der Waals surface area contributed by atoms with Crippen LogP contribution in [0.3, 0.4) is 0 Å². The Bertz CT molecular complexity index is 751. The zero-order valence-corrected chi connectivity index (χ0v) is 15.7. The highest BCUT2D eigenvalue weighted by atomic mass is 19.1. The topological polar surface area (TPSA) is 32.8 Å². The Kier molecular flexibility index (Phi) is 5.69. The Balaban J connectivity index is 1.51. The number of ether oxygens (including phenoxy) is 1. The summed E-state index contributed by atoms with van der Waals surface area (Å²) in [5.41, 5.74) is 1.90. The van der Waals surface area contributed by atoms with Crippen LogP contribution in [0.15, 0.2) is 48.5 Å². The monoisotopic (exact) mass is 386 g/mol. The van der Waals surface area contributed by atoms with Crippen molar-refractivity contribution in [2.45, 2.75) is 25.0 Å². The van der Waals surface area contributed by atoms with Gasteiger partial charge in [0.05, 0.1) is 6.04 Å². The second kappa shape index (κ2) is 8.37. The number of piperazine rings is 1. The maximum absolute atomic E-state index is 13.4. The van der Waals surface area contributed by atoms with Crippen molar-refractivity contribution in [3.05, 3.63) is 71.3 Å². The first-order valence-electron chi connectivity index (χ1n) is 9.77. The van der Waals surface area contributed by atoms with E-state index >= 15 is 0 Å². The van der Waals surface area contributed by atoms with Crippen LogP contribution >= 0.6 is 0 Å². The standard InChI is InChI=1S/C22H24F2N2O2/c23-18-7-3-16(4-8-18)21(17-5-9-19(24)10-6-17)25-11-13-26(14-12-25)22(27)20-2-1-15-28-20/h3-10,20-21H,1-2,11-15H2/t20-/m1/s1. The van der Waals surface area contributed by atoms with Gasteiger partial charge in [-0.15, -0.1) is 0 Å². The fraction of sp³-hybridized carbons (Fsp3) is 0.409. The summed E-state index contributed by atoms with van der Waals surface area (Å²) < 4.78 is 32.4. The third-order valence-electron chi connectivity index (χ3n) is 5.57. The third-order valence-corrected chi connectivity index (χ3v) is 5.57. The summed E-state index contributed by atoms with van der Waals surface area (Å²) in [5, 5.41) is 0. The number of hydrogen-bond acceptors (Lipinski definition) is 3. The number of carbonyl (C=O) groups is 1. The Labute approximate surface area is 163 Å². The van der Waals surface area contributed by atoms with Gasteiger partial charge in [-0.3, -0.25) is 9.69 Å². The molecule has 0 unspecified atom stereocenters. The van der Waals surface area contributed by atoms with Crippen molar-refractivity contribution < 1.29 is 18.3 Å².